The third-order valence-electron chi connectivity index (χ3n) is 2.39. The van der Waals surface area contributed by atoms with Crippen LogP contribution in [0.4, 0.5) is 13.2 Å². The van der Waals surface area contributed by atoms with Crippen molar-refractivity contribution in [2.75, 3.05) is 11.9 Å². The fourth-order valence-corrected chi connectivity index (χ4v) is 2.49. The monoisotopic (exact) mass is 370 g/mol. The smallest absolute Gasteiger partial charge is 0.446 e. The summed E-state index contributed by atoms with van der Waals surface area (Å²) in [5, 5.41) is 0.758. The summed E-state index contributed by atoms with van der Waals surface area (Å²) in [6.45, 7) is 1.84. The van der Waals surface area contributed by atoms with Crippen LogP contribution in [0.2, 0.25) is 0 Å². The van der Waals surface area contributed by atoms with Gasteiger partial charge in [-0.1, -0.05) is 22.0 Å². The van der Waals surface area contributed by atoms with Gasteiger partial charge in [0.15, 0.2) is 0 Å². The number of hydrogen-bond acceptors (Lipinski definition) is 3. The first kappa shape index (κ1) is 17.4. The van der Waals surface area contributed by atoms with Gasteiger partial charge in [0.1, 0.15) is 0 Å². The molecule has 0 heterocycles. The Bertz CT molecular complexity index is 463. The average Bonchev–Trinajstić information content (AvgIpc) is 2.35. The number of hydrogen-bond donors (Lipinski definition) is 0. The molecule has 1 aromatic carbocycles. The van der Waals surface area contributed by atoms with E-state index < -0.39 is 11.5 Å². The lowest BCUT2D eigenvalue weighted by molar-refractivity contribution is -0.0328. The zero-order valence-electron chi connectivity index (χ0n) is 10.8. The van der Waals surface area contributed by atoms with E-state index in [1.807, 2.05) is 0 Å². The summed E-state index contributed by atoms with van der Waals surface area (Å²) < 4.78 is 42.0. The molecule has 0 radical (unpaired) electrons. The molecular formula is C13H14BrF3O2S. The molecule has 1 aromatic rings. The standard InChI is InChI=1S/C13H14BrF3O2S/c1-2-19-12(18)11-8-10(20-13(15,16)17)6-5-9(11)4-3-7-14/h5-6,8H,2-4,7H2,1H3. The molecule has 2 nitrogen and oxygen atoms in total. The summed E-state index contributed by atoms with van der Waals surface area (Å²) >= 11 is 3.05. The van der Waals surface area contributed by atoms with Crippen molar-refractivity contribution in [3.05, 3.63) is 29.3 Å². The van der Waals surface area contributed by atoms with Crippen LogP contribution < -0.4 is 0 Å². The number of ether oxygens (including phenoxy) is 1. The van der Waals surface area contributed by atoms with Crippen molar-refractivity contribution >= 4 is 33.7 Å². The van der Waals surface area contributed by atoms with Gasteiger partial charge < -0.3 is 4.74 Å². The van der Waals surface area contributed by atoms with Gasteiger partial charge in [-0.25, -0.2) is 4.79 Å². The molecule has 0 amide bonds. The van der Waals surface area contributed by atoms with Gasteiger partial charge in [0.2, 0.25) is 0 Å². The highest BCUT2D eigenvalue weighted by atomic mass is 79.9. The molecule has 7 heteroatoms. The lowest BCUT2D eigenvalue weighted by atomic mass is 10.0. The predicted octanol–water partition coefficient (Wildman–Crippen LogP) is 4.80. The topological polar surface area (TPSA) is 26.3 Å². The zero-order chi connectivity index (χ0) is 15.2. The summed E-state index contributed by atoms with van der Waals surface area (Å²) in [6.07, 6.45) is 1.40. The second kappa shape index (κ2) is 7.93. The van der Waals surface area contributed by atoms with Crippen LogP contribution in [0, 0.1) is 0 Å². The molecule has 0 bridgehead atoms. The molecule has 0 fully saturated rings. The molecule has 0 aliphatic carbocycles. The lowest BCUT2D eigenvalue weighted by Crippen LogP contribution is -2.09. The maximum Gasteiger partial charge on any atom is 0.446 e. The molecule has 0 saturated heterocycles. The third-order valence-corrected chi connectivity index (χ3v) is 3.67. The fraction of sp³-hybridized carbons (Fsp3) is 0.462. The van der Waals surface area contributed by atoms with E-state index in [9.17, 15) is 18.0 Å². The van der Waals surface area contributed by atoms with E-state index in [4.69, 9.17) is 4.74 Å². The van der Waals surface area contributed by atoms with Gasteiger partial charge in [-0.05, 0) is 49.2 Å². The third kappa shape index (κ3) is 5.75. The molecule has 0 saturated carbocycles. The number of carbonyl (C=O) groups is 1. The van der Waals surface area contributed by atoms with Crippen LogP contribution >= 0.6 is 27.7 Å². The van der Waals surface area contributed by atoms with Crippen molar-refractivity contribution in [2.24, 2.45) is 0 Å². The number of benzene rings is 1. The summed E-state index contributed by atoms with van der Waals surface area (Å²) in [4.78, 5) is 11.8. The largest absolute Gasteiger partial charge is 0.462 e. The Morgan fingerprint density at radius 3 is 2.65 bits per heavy atom. The minimum absolute atomic E-state index is 0.0110. The number of carbonyl (C=O) groups excluding carboxylic acids is 1. The molecule has 0 spiro atoms. The van der Waals surface area contributed by atoms with Crippen molar-refractivity contribution in [1.29, 1.82) is 0 Å². The van der Waals surface area contributed by atoms with Crippen molar-refractivity contribution in [2.45, 2.75) is 30.2 Å². The molecule has 0 N–H and O–H groups in total. The highest BCUT2D eigenvalue weighted by Gasteiger charge is 2.29. The van der Waals surface area contributed by atoms with Crippen molar-refractivity contribution in [3.8, 4) is 0 Å². The van der Waals surface area contributed by atoms with E-state index in [0.29, 0.717) is 12.0 Å². The van der Waals surface area contributed by atoms with E-state index in [1.54, 1.807) is 13.0 Å². The Hall–Kier alpha value is -0.690. The van der Waals surface area contributed by atoms with E-state index in [1.165, 1.54) is 12.1 Å². The molecule has 0 unspecified atom stereocenters. The summed E-state index contributed by atoms with van der Waals surface area (Å²) in [6, 6.07) is 4.19. The average molecular weight is 371 g/mol. The maximum absolute atomic E-state index is 12.4. The van der Waals surface area contributed by atoms with Gasteiger partial charge in [0, 0.05) is 10.2 Å². The van der Waals surface area contributed by atoms with Gasteiger partial charge in [0.25, 0.3) is 0 Å². The first-order chi connectivity index (χ1) is 9.37. The van der Waals surface area contributed by atoms with Crippen LogP contribution in [0.15, 0.2) is 23.1 Å². The van der Waals surface area contributed by atoms with E-state index in [-0.39, 0.29) is 28.8 Å². The predicted molar refractivity (Wildman–Crippen MR) is 76.4 cm³/mol. The molecular weight excluding hydrogens is 357 g/mol. The Balaban J connectivity index is 3.04. The molecule has 0 aromatic heterocycles. The zero-order valence-corrected chi connectivity index (χ0v) is 13.2. The Morgan fingerprint density at radius 2 is 2.10 bits per heavy atom. The number of rotatable bonds is 6. The number of alkyl halides is 4. The second-order valence-corrected chi connectivity index (χ2v) is 5.81. The van der Waals surface area contributed by atoms with Gasteiger partial charge >= 0.3 is 11.5 Å². The number of esters is 1. The minimum atomic E-state index is -4.37. The Labute approximate surface area is 128 Å². The van der Waals surface area contributed by atoms with Gasteiger partial charge in [-0.3, -0.25) is 0 Å². The second-order valence-electron chi connectivity index (χ2n) is 3.88. The van der Waals surface area contributed by atoms with Crippen molar-refractivity contribution in [3.63, 3.8) is 0 Å². The van der Waals surface area contributed by atoms with Crippen LogP contribution in [0.3, 0.4) is 0 Å². The maximum atomic E-state index is 12.4. The number of halogens is 4. The van der Waals surface area contributed by atoms with Gasteiger partial charge in [-0.2, -0.15) is 13.2 Å². The highest BCUT2D eigenvalue weighted by molar-refractivity contribution is 9.09. The number of thioether (sulfide) groups is 1. The van der Waals surface area contributed by atoms with Crippen LogP contribution in [0.5, 0.6) is 0 Å². The van der Waals surface area contributed by atoms with E-state index in [2.05, 4.69) is 15.9 Å². The van der Waals surface area contributed by atoms with E-state index >= 15 is 0 Å². The molecule has 112 valence electrons. The SMILES string of the molecule is CCOC(=O)c1cc(SC(F)(F)F)ccc1CCCBr. The Kier molecular flexibility index (Phi) is 6.88. The number of aryl methyl sites for hydroxylation is 1. The first-order valence-corrected chi connectivity index (χ1v) is 7.93. The summed E-state index contributed by atoms with van der Waals surface area (Å²) in [5.74, 6) is -0.582. The van der Waals surface area contributed by atoms with Gasteiger partial charge in [0.05, 0.1) is 12.2 Å². The van der Waals surface area contributed by atoms with Gasteiger partial charge in [-0.15, -0.1) is 0 Å². The molecule has 0 atom stereocenters. The van der Waals surface area contributed by atoms with Crippen molar-refractivity contribution in [1.82, 2.24) is 0 Å². The minimum Gasteiger partial charge on any atom is -0.462 e. The van der Waals surface area contributed by atoms with Crippen LogP contribution in [-0.4, -0.2) is 23.4 Å². The molecule has 1 rings (SSSR count). The lowest BCUT2D eigenvalue weighted by Gasteiger charge is -2.11. The summed E-state index contributed by atoms with van der Waals surface area (Å²) in [7, 11) is 0. The van der Waals surface area contributed by atoms with E-state index in [0.717, 1.165) is 11.8 Å². The normalized spacial score (nSPS) is 11.4. The van der Waals surface area contributed by atoms with Crippen LogP contribution in [0.25, 0.3) is 0 Å². The highest BCUT2D eigenvalue weighted by Crippen LogP contribution is 2.37. The quantitative estimate of drug-likeness (QED) is 0.408. The molecule has 0 aliphatic heterocycles. The molecule has 0 aliphatic rings. The van der Waals surface area contributed by atoms with Crippen LogP contribution in [-0.2, 0) is 11.2 Å². The van der Waals surface area contributed by atoms with Crippen LogP contribution in [0.1, 0.15) is 29.3 Å². The van der Waals surface area contributed by atoms with Crippen molar-refractivity contribution < 1.29 is 22.7 Å². The fourth-order valence-electron chi connectivity index (χ4n) is 1.63. The Morgan fingerprint density at radius 1 is 1.40 bits per heavy atom. The first-order valence-electron chi connectivity index (χ1n) is 5.99. The summed E-state index contributed by atoms with van der Waals surface area (Å²) in [5.41, 5.74) is -3.46. The molecule has 20 heavy (non-hydrogen) atoms.